The lowest BCUT2D eigenvalue weighted by Crippen LogP contribution is -2.32. The number of carboxylic acid groups (broad SMARTS) is 1. The molecule has 0 radical (unpaired) electrons. The molecule has 0 bridgehead atoms. The van der Waals surface area contributed by atoms with Crippen molar-refractivity contribution < 1.29 is 18.7 Å². The molecule has 0 aliphatic rings. The van der Waals surface area contributed by atoms with E-state index in [1.807, 2.05) is 0 Å². The number of carbonyl (C=O) groups is 1. The third kappa shape index (κ3) is 1.77. The van der Waals surface area contributed by atoms with Crippen LogP contribution in [0.1, 0.15) is 5.56 Å². The summed E-state index contributed by atoms with van der Waals surface area (Å²) in [6, 6.07) is 3.49. The molecule has 0 saturated heterocycles. The molecule has 0 amide bonds. The number of benzene rings is 1. The van der Waals surface area contributed by atoms with E-state index in [1.54, 1.807) is 6.07 Å². The molecule has 1 aromatic carbocycles. The molecule has 4 nitrogen and oxygen atoms in total. The molecule has 16 heavy (non-hydrogen) atoms. The van der Waals surface area contributed by atoms with E-state index in [-0.39, 0.29) is 12.0 Å². The Bertz CT molecular complexity index is 535. The van der Waals surface area contributed by atoms with Crippen molar-refractivity contribution in [2.75, 3.05) is 0 Å². The van der Waals surface area contributed by atoms with Crippen LogP contribution in [0.3, 0.4) is 0 Å². The van der Waals surface area contributed by atoms with Gasteiger partial charge in [0.15, 0.2) is 0 Å². The van der Waals surface area contributed by atoms with Gasteiger partial charge in [0.25, 0.3) is 0 Å². The summed E-state index contributed by atoms with van der Waals surface area (Å²) < 4.78 is 18.8. The average molecular weight is 223 g/mol. The zero-order valence-electron chi connectivity index (χ0n) is 8.31. The summed E-state index contributed by atoms with van der Waals surface area (Å²) in [4.78, 5) is 10.6. The Balaban J connectivity index is 2.37. The molecular formula is C11H10FNO3. The summed E-state index contributed by atoms with van der Waals surface area (Å²) in [5.41, 5.74) is 6.06. The van der Waals surface area contributed by atoms with Crippen molar-refractivity contribution in [2.24, 2.45) is 5.73 Å². The Labute approximate surface area is 90.5 Å². The second kappa shape index (κ2) is 3.94. The van der Waals surface area contributed by atoms with E-state index in [1.165, 1.54) is 18.4 Å². The zero-order chi connectivity index (χ0) is 11.7. The van der Waals surface area contributed by atoms with Crippen LogP contribution in [0.25, 0.3) is 11.0 Å². The lowest BCUT2D eigenvalue weighted by Gasteiger charge is -2.07. The highest BCUT2D eigenvalue weighted by Crippen LogP contribution is 2.22. The molecule has 0 aliphatic heterocycles. The molecule has 0 fully saturated rings. The van der Waals surface area contributed by atoms with Gasteiger partial charge in [-0.2, -0.15) is 0 Å². The van der Waals surface area contributed by atoms with Crippen LogP contribution in [0, 0.1) is 5.82 Å². The first kappa shape index (κ1) is 10.6. The third-order valence-corrected chi connectivity index (χ3v) is 2.41. The fourth-order valence-electron chi connectivity index (χ4n) is 1.54. The maximum atomic E-state index is 13.8. The maximum Gasteiger partial charge on any atom is 0.320 e. The van der Waals surface area contributed by atoms with Crippen LogP contribution < -0.4 is 5.73 Å². The van der Waals surface area contributed by atoms with Gasteiger partial charge in [-0.1, -0.05) is 6.07 Å². The third-order valence-electron chi connectivity index (χ3n) is 2.41. The minimum absolute atomic E-state index is 0.0394. The Morgan fingerprint density at radius 2 is 2.25 bits per heavy atom. The Morgan fingerprint density at radius 3 is 2.94 bits per heavy atom. The predicted octanol–water partition coefficient (Wildman–Crippen LogP) is 1.53. The molecule has 1 atom stereocenters. The molecule has 0 aliphatic carbocycles. The number of fused-ring (bicyclic) bond motifs is 1. The highest BCUT2D eigenvalue weighted by Gasteiger charge is 2.16. The minimum Gasteiger partial charge on any atom is -0.480 e. The van der Waals surface area contributed by atoms with E-state index in [0.717, 1.165) is 0 Å². The number of carboxylic acids is 1. The number of aliphatic carboxylic acids is 1. The van der Waals surface area contributed by atoms with Gasteiger partial charge in [0.2, 0.25) is 0 Å². The van der Waals surface area contributed by atoms with Gasteiger partial charge < -0.3 is 15.3 Å². The predicted molar refractivity (Wildman–Crippen MR) is 55.5 cm³/mol. The first-order valence-electron chi connectivity index (χ1n) is 4.72. The molecule has 2 rings (SSSR count). The second-order valence-electron chi connectivity index (χ2n) is 3.52. The topological polar surface area (TPSA) is 76.5 Å². The summed E-state index contributed by atoms with van der Waals surface area (Å²) in [5, 5.41) is 8.98. The Kier molecular flexibility index (Phi) is 2.62. The van der Waals surface area contributed by atoms with Crippen molar-refractivity contribution in [2.45, 2.75) is 12.5 Å². The van der Waals surface area contributed by atoms with Gasteiger partial charge in [-0.15, -0.1) is 0 Å². The van der Waals surface area contributed by atoms with E-state index >= 15 is 0 Å². The summed E-state index contributed by atoms with van der Waals surface area (Å²) in [5.74, 6) is -1.62. The summed E-state index contributed by atoms with van der Waals surface area (Å²) >= 11 is 0. The quantitative estimate of drug-likeness (QED) is 0.827. The van der Waals surface area contributed by atoms with E-state index in [0.29, 0.717) is 11.0 Å². The van der Waals surface area contributed by atoms with E-state index < -0.39 is 17.8 Å². The smallest absolute Gasteiger partial charge is 0.320 e. The largest absolute Gasteiger partial charge is 0.480 e. The van der Waals surface area contributed by atoms with Crippen molar-refractivity contribution in [1.29, 1.82) is 0 Å². The van der Waals surface area contributed by atoms with Crippen LogP contribution in [0.5, 0.6) is 0 Å². The van der Waals surface area contributed by atoms with Gasteiger partial charge in [0.1, 0.15) is 17.4 Å². The minimum atomic E-state index is -1.15. The van der Waals surface area contributed by atoms with Crippen LogP contribution in [-0.4, -0.2) is 17.1 Å². The molecule has 1 aromatic heterocycles. The summed E-state index contributed by atoms with van der Waals surface area (Å²) in [6.07, 6.45) is 1.34. The number of halogens is 1. The van der Waals surface area contributed by atoms with Gasteiger partial charge in [-0.3, -0.25) is 4.79 Å². The molecule has 0 saturated carbocycles. The van der Waals surface area contributed by atoms with Crippen LogP contribution >= 0.6 is 0 Å². The first-order valence-corrected chi connectivity index (χ1v) is 4.72. The van der Waals surface area contributed by atoms with Gasteiger partial charge in [0, 0.05) is 6.42 Å². The molecule has 2 aromatic rings. The van der Waals surface area contributed by atoms with Crippen molar-refractivity contribution >= 4 is 16.9 Å². The molecule has 84 valence electrons. The number of hydrogen-bond donors (Lipinski definition) is 2. The lowest BCUT2D eigenvalue weighted by atomic mass is 10.0. The van der Waals surface area contributed by atoms with Crippen LogP contribution in [0.4, 0.5) is 4.39 Å². The average Bonchev–Trinajstić information content (AvgIpc) is 2.70. The second-order valence-corrected chi connectivity index (χ2v) is 3.52. The highest BCUT2D eigenvalue weighted by atomic mass is 19.1. The van der Waals surface area contributed by atoms with Crippen LogP contribution in [0.2, 0.25) is 0 Å². The Morgan fingerprint density at radius 1 is 1.50 bits per heavy atom. The number of hydrogen-bond acceptors (Lipinski definition) is 3. The fourth-order valence-corrected chi connectivity index (χ4v) is 1.54. The normalized spacial score (nSPS) is 12.9. The monoisotopic (exact) mass is 223 g/mol. The Hall–Kier alpha value is -1.88. The molecule has 1 unspecified atom stereocenters. The van der Waals surface area contributed by atoms with Crippen molar-refractivity contribution in [3.63, 3.8) is 0 Å². The van der Waals surface area contributed by atoms with Crippen LogP contribution in [0.15, 0.2) is 28.9 Å². The highest BCUT2D eigenvalue weighted by molar-refractivity contribution is 5.79. The van der Waals surface area contributed by atoms with Gasteiger partial charge in [-0.25, -0.2) is 4.39 Å². The summed E-state index contributed by atoms with van der Waals surface area (Å²) in [6.45, 7) is 0. The standard InChI is InChI=1S/C11H10FNO3/c12-10-6(5-8(13)11(14)15)1-2-9-7(10)3-4-16-9/h1-4,8H,5,13H2,(H,14,15). The fraction of sp³-hybridized carbons (Fsp3) is 0.182. The number of furan rings is 1. The summed E-state index contributed by atoms with van der Waals surface area (Å²) in [7, 11) is 0. The molecular weight excluding hydrogens is 213 g/mol. The molecule has 1 heterocycles. The van der Waals surface area contributed by atoms with Gasteiger partial charge in [0.05, 0.1) is 11.6 Å². The van der Waals surface area contributed by atoms with Crippen molar-refractivity contribution in [3.05, 3.63) is 35.8 Å². The maximum absolute atomic E-state index is 13.8. The molecule has 5 heteroatoms. The van der Waals surface area contributed by atoms with Gasteiger partial charge >= 0.3 is 5.97 Å². The number of rotatable bonds is 3. The van der Waals surface area contributed by atoms with Crippen LogP contribution in [-0.2, 0) is 11.2 Å². The molecule has 3 N–H and O–H groups in total. The van der Waals surface area contributed by atoms with Crippen molar-refractivity contribution in [1.82, 2.24) is 0 Å². The van der Waals surface area contributed by atoms with E-state index in [9.17, 15) is 9.18 Å². The molecule has 0 spiro atoms. The zero-order valence-corrected chi connectivity index (χ0v) is 8.31. The van der Waals surface area contributed by atoms with E-state index in [4.69, 9.17) is 15.3 Å². The SMILES string of the molecule is NC(Cc1ccc2occc2c1F)C(=O)O. The van der Waals surface area contributed by atoms with Crippen molar-refractivity contribution in [3.8, 4) is 0 Å². The number of nitrogens with two attached hydrogens (primary N) is 1. The lowest BCUT2D eigenvalue weighted by molar-refractivity contribution is -0.138. The first-order chi connectivity index (χ1) is 7.59. The van der Waals surface area contributed by atoms with E-state index in [2.05, 4.69) is 0 Å². The van der Waals surface area contributed by atoms with Gasteiger partial charge in [-0.05, 0) is 17.7 Å².